The molecule has 0 atom stereocenters. The quantitative estimate of drug-likeness (QED) is 0.867. The Bertz CT molecular complexity index is 630. The molecule has 7 heteroatoms. The highest BCUT2D eigenvalue weighted by Gasteiger charge is 2.28. The molecule has 0 saturated heterocycles. The third-order valence-electron chi connectivity index (χ3n) is 2.81. The Morgan fingerprint density at radius 3 is 2.05 bits per heavy atom. The minimum atomic E-state index is -3.48. The van der Waals surface area contributed by atoms with Crippen molar-refractivity contribution in [3.8, 4) is 6.07 Å². The third-order valence-corrected chi connectivity index (χ3v) is 5.27. The maximum Gasteiger partial charge on any atom is 0.180 e. The van der Waals surface area contributed by atoms with Gasteiger partial charge in [0, 0.05) is 19.3 Å². The monoisotopic (exact) mass is 329 g/mol. The predicted molar refractivity (Wildman–Crippen MR) is 88.4 cm³/mol. The van der Waals surface area contributed by atoms with E-state index >= 15 is 0 Å². The highest BCUT2D eigenvalue weighted by atomic mass is 32.2. The van der Waals surface area contributed by atoms with Crippen LogP contribution in [-0.2, 0) is 9.84 Å². The van der Waals surface area contributed by atoms with E-state index in [0.717, 1.165) is 19.3 Å². The van der Waals surface area contributed by atoms with Crippen molar-refractivity contribution in [2.45, 2.75) is 32.6 Å². The first-order chi connectivity index (χ1) is 9.57. The zero-order chi connectivity index (χ0) is 16.4. The van der Waals surface area contributed by atoms with Crippen LogP contribution in [0.2, 0.25) is 0 Å². The van der Waals surface area contributed by atoms with Crippen LogP contribution in [0.3, 0.4) is 0 Å². The van der Waals surface area contributed by atoms with E-state index in [1.807, 2.05) is 11.0 Å². The summed E-state index contributed by atoms with van der Waals surface area (Å²) in [6.07, 6.45) is 1.14. The fourth-order valence-corrected chi connectivity index (χ4v) is 4.71. The molecule has 0 saturated carbocycles. The van der Waals surface area contributed by atoms with Gasteiger partial charge in [-0.15, -0.1) is 11.3 Å². The molecule has 5 nitrogen and oxygen atoms in total. The summed E-state index contributed by atoms with van der Waals surface area (Å²) in [5.41, 5.74) is 5.96. The molecule has 0 aliphatic rings. The first-order valence-corrected chi connectivity index (χ1v) is 9.56. The number of nitrogens with zero attached hydrogens (tertiary/aromatic N) is 2. The molecule has 1 heterocycles. The van der Waals surface area contributed by atoms with E-state index in [2.05, 4.69) is 27.7 Å². The lowest BCUT2D eigenvalue weighted by Gasteiger charge is -2.28. The van der Waals surface area contributed by atoms with Crippen LogP contribution in [-0.4, -0.2) is 27.8 Å². The zero-order valence-corrected chi connectivity index (χ0v) is 14.8. The summed E-state index contributed by atoms with van der Waals surface area (Å²) in [4.78, 5) is 2.40. The molecule has 0 aliphatic carbocycles. The van der Waals surface area contributed by atoms with Crippen molar-refractivity contribution in [1.29, 1.82) is 5.26 Å². The molecule has 1 aromatic heterocycles. The van der Waals surface area contributed by atoms with Gasteiger partial charge in [0.2, 0.25) is 0 Å². The van der Waals surface area contributed by atoms with Gasteiger partial charge in [-0.25, -0.2) is 8.42 Å². The molecule has 0 radical (unpaired) electrons. The molecule has 0 unspecified atom stereocenters. The summed E-state index contributed by atoms with van der Waals surface area (Å²) in [6.45, 7) is 9.77. The predicted octanol–water partition coefficient (Wildman–Crippen LogP) is 2.72. The average Bonchev–Trinajstić information content (AvgIpc) is 2.63. The number of rotatable bonds is 6. The van der Waals surface area contributed by atoms with E-state index in [9.17, 15) is 8.42 Å². The smallest absolute Gasteiger partial charge is 0.180 e. The second-order valence-corrected chi connectivity index (χ2v) is 9.01. The minimum Gasteiger partial charge on any atom is -0.396 e. The maximum atomic E-state index is 12.1. The summed E-state index contributed by atoms with van der Waals surface area (Å²) >= 11 is 1.17. The van der Waals surface area contributed by atoms with E-state index in [1.165, 1.54) is 11.3 Å². The van der Waals surface area contributed by atoms with Crippen LogP contribution < -0.4 is 10.6 Å². The van der Waals surface area contributed by atoms with Crippen LogP contribution in [0.4, 0.5) is 10.7 Å². The number of hydrogen-bond acceptors (Lipinski definition) is 6. The summed E-state index contributed by atoms with van der Waals surface area (Å²) in [5.74, 6) is 0.759. The second kappa shape index (κ2) is 6.67. The van der Waals surface area contributed by atoms with Crippen molar-refractivity contribution in [3.05, 3.63) is 4.88 Å². The summed E-state index contributed by atoms with van der Waals surface area (Å²) in [7, 11) is -3.48. The molecule has 0 fully saturated rings. The maximum absolute atomic E-state index is 12.1. The third kappa shape index (κ3) is 4.35. The molecule has 0 amide bonds. The highest BCUT2D eigenvalue weighted by Crippen LogP contribution is 2.41. The SMILES string of the molecule is CC(C)CN(CC(C)C)c1sc(C#N)c(N)c1S(C)(=O)=O. The molecule has 1 rings (SSSR count). The van der Waals surface area contributed by atoms with Crippen molar-refractivity contribution < 1.29 is 8.42 Å². The van der Waals surface area contributed by atoms with Gasteiger partial charge in [0.05, 0.1) is 5.69 Å². The van der Waals surface area contributed by atoms with Crippen molar-refractivity contribution in [3.63, 3.8) is 0 Å². The summed E-state index contributed by atoms with van der Waals surface area (Å²) in [6, 6.07) is 1.99. The summed E-state index contributed by atoms with van der Waals surface area (Å²) in [5, 5.41) is 9.73. The molecule has 1 aromatic rings. The number of nitrogen functional groups attached to an aromatic ring is 1. The molecule has 118 valence electrons. The van der Waals surface area contributed by atoms with E-state index in [4.69, 9.17) is 11.0 Å². The number of nitriles is 1. The Morgan fingerprint density at radius 1 is 1.24 bits per heavy atom. The molecule has 0 spiro atoms. The lowest BCUT2D eigenvalue weighted by Crippen LogP contribution is -2.31. The number of nitrogens with two attached hydrogens (primary N) is 1. The number of anilines is 2. The molecular formula is C14H23N3O2S2. The lowest BCUT2D eigenvalue weighted by atomic mass is 10.1. The molecule has 2 N–H and O–H groups in total. The number of thiophene rings is 1. The zero-order valence-electron chi connectivity index (χ0n) is 13.2. The standard InChI is InChI=1S/C14H23N3O2S2/c1-9(2)7-17(8-10(3)4)14-13(21(5,18)19)12(16)11(6-15)20-14/h9-10H,7-8,16H2,1-5H3. The van der Waals surface area contributed by atoms with Crippen molar-refractivity contribution >= 4 is 31.9 Å². The summed E-state index contributed by atoms with van der Waals surface area (Å²) < 4.78 is 24.1. The Kier molecular flexibility index (Phi) is 5.65. The lowest BCUT2D eigenvalue weighted by molar-refractivity contribution is 0.551. The topological polar surface area (TPSA) is 87.2 Å². The van der Waals surface area contributed by atoms with Crippen LogP contribution >= 0.6 is 11.3 Å². The number of hydrogen-bond donors (Lipinski definition) is 1. The first-order valence-electron chi connectivity index (χ1n) is 6.85. The van der Waals surface area contributed by atoms with Gasteiger partial charge in [-0.2, -0.15) is 5.26 Å². The Balaban J connectivity index is 3.47. The minimum absolute atomic E-state index is 0.0810. The van der Waals surface area contributed by atoms with Crippen LogP contribution in [0.15, 0.2) is 4.90 Å². The van der Waals surface area contributed by atoms with E-state index in [1.54, 1.807) is 0 Å². The fourth-order valence-electron chi connectivity index (χ4n) is 2.19. The van der Waals surface area contributed by atoms with Crippen molar-refractivity contribution in [2.24, 2.45) is 11.8 Å². The molecule has 0 bridgehead atoms. The van der Waals surface area contributed by atoms with E-state index in [-0.39, 0.29) is 15.5 Å². The number of sulfone groups is 1. The average molecular weight is 329 g/mol. The van der Waals surface area contributed by atoms with Gasteiger partial charge < -0.3 is 10.6 Å². The van der Waals surface area contributed by atoms with Gasteiger partial charge in [-0.3, -0.25) is 0 Å². The van der Waals surface area contributed by atoms with Gasteiger partial charge in [-0.1, -0.05) is 27.7 Å². The molecule has 0 aromatic carbocycles. The van der Waals surface area contributed by atoms with Gasteiger partial charge in [-0.05, 0) is 11.8 Å². The van der Waals surface area contributed by atoms with Crippen LogP contribution in [0.25, 0.3) is 0 Å². The van der Waals surface area contributed by atoms with E-state index in [0.29, 0.717) is 16.8 Å². The normalized spacial score (nSPS) is 11.9. The van der Waals surface area contributed by atoms with Gasteiger partial charge in [0.1, 0.15) is 20.8 Å². The second-order valence-electron chi connectivity index (χ2n) is 6.06. The molecule has 21 heavy (non-hydrogen) atoms. The Morgan fingerprint density at radius 2 is 1.71 bits per heavy atom. The van der Waals surface area contributed by atoms with Crippen LogP contribution in [0, 0.1) is 23.2 Å². The fraction of sp³-hybridized carbons (Fsp3) is 0.643. The molecule has 0 aliphatic heterocycles. The first kappa shape index (κ1) is 17.8. The Hall–Kier alpha value is -1.26. The van der Waals surface area contributed by atoms with Gasteiger partial charge in [0.25, 0.3) is 0 Å². The van der Waals surface area contributed by atoms with E-state index < -0.39 is 9.84 Å². The largest absolute Gasteiger partial charge is 0.396 e. The van der Waals surface area contributed by atoms with Crippen molar-refractivity contribution in [1.82, 2.24) is 0 Å². The van der Waals surface area contributed by atoms with Crippen LogP contribution in [0.5, 0.6) is 0 Å². The van der Waals surface area contributed by atoms with Gasteiger partial charge >= 0.3 is 0 Å². The molecular weight excluding hydrogens is 306 g/mol. The van der Waals surface area contributed by atoms with Crippen molar-refractivity contribution in [2.75, 3.05) is 30.0 Å². The highest BCUT2D eigenvalue weighted by molar-refractivity contribution is 7.91. The van der Waals surface area contributed by atoms with Gasteiger partial charge in [0.15, 0.2) is 9.84 Å². The Labute approximate surface area is 131 Å². The van der Waals surface area contributed by atoms with Crippen LogP contribution in [0.1, 0.15) is 32.6 Å².